The lowest BCUT2D eigenvalue weighted by Gasteiger charge is -2.56. The van der Waals surface area contributed by atoms with Gasteiger partial charge < -0.3 is 15.4 Å². The Morgan fingerprint density at radius 2 is 1.62 bits per heavy atom. The van der Waals surface area contributed by atoms with Crippen LogP contribution in [0.4, 0.5) is 0 Å². The van der Waals surface area contributed by atoms with Gasteiger partial charge in [0.2, 0.25) is 0 Å². The third-order valence-corrected chi connectivity index (χ3v) is 6.85. The van der Waals surface area contributed by atoms with Gasteiger partial charge in [0.15, 0.2) is 6.61 Å². The molecule has 4 aliphatic rings. The maximum atomic E-state index is 12.4. The minimum absolute atomic E-state index is 0.105. The summed E-state index contributed by atoms with van der Waals surface area (Å²) in [5, 5.41) is 6.28. The first-order valence-corrected chi connectivity index (χ1v) is 10.7. The molecule has 0 aromatic heterocycles. The van der Waals surface area contributed by atoms with Gasteiger partial charge in [0.1, 0.15) is 6.04 Å². The van der Waals surface area contributed by atoms with Crippen molar-refractivity contribution in [2.45, 2.75) is 57.0 Å². The summed E-state index contributed by atoms with van der Waals surface area (Å²) in [7, 11) is 0. The number of ether oxygens (including phenoxy) is 1. The van der Waals surface area contributed by atoms with Gasteiger partial charge >= 0.3 is 5.97 Å². The van der Waals surface area contributed by atoms with Gasteiger partial charge in [-0.05, 0) is 87.5 Å². The standard InChI is InChI=1S/C22H27ClN2O4/c1-13(24-20(27)17-2-4-18(23)5-3-17)21(28)29-12-19(26)25-22-9-14-6-15(10-22)8-16(7-14)11-22/h2-5,13-16H,6-12H2,1H3,(H,24,27)(H,25,26)/t13-,14?,15?,16?,22?/m0/s1. The van der Waals surface area contributed by atoms with E-state index in [1.165, 1.54) is 26.2 Å². The Bertz CT molecular complexity index is 772. The number of rotatable bonds is 6. The molecule has 0 spiro atoms. The van der Waals surface area contributed by atoms with Crippen molar-refractivity contribution in [1.82, 2.24) is 10.6 Å². The van der Waals surface area contributed by atoms with E-state index < -0.39 is 17.9 Å². The van der Waals surface area contributed by atoms with Crippen molar-refractivity contribution in [3.63, 3.8) is 0 Å². The molecule has 0 radical (unpaired) electrons. The minimum Gasteiger partial charge on any atom is -0.454 e. The number of carbonyl (C=O) groups excluding carboxylic acids is 3. The molecule has 0 heterocycles. The highest BCUT2D eigenvalue weighted by atomic mass is 35.5. The molecule has 1 aromatic rings. The van der Waals surface area contributed by atoms with E-state index in [-0.39, 0.29) is 18.1 Å². The fourth-order valence-electron chi connectivity index (χ4n) is 5.80. The molecule has 4 bridgehead atoms. The van der Waals surface area contributed by atoms with Gasteiger partial charge in [0, 0.05) is 16.1 Å². The van der Waals surface area contributed by atoms with Crippen molar-refractivity contribution in [2.75, 3.05) is 6.61 Å². The van der Waals surface area contributed by atoms with E-state index >= 15 is 0 Å². The fourth-order valence-corrected chi connectivity index (χ4v) is 5.92. The molecule has 7 heteroatoms. The van der Waals surface area contributed by atoms with Gasteiger partial charge in [-0.15, -0.1) is 0 Å². The molecule has 1 atom stereocenters. The predicted molar refractivity (Wildman–Crippen MR) is 108 cm³/mol. The van der Waals surface area contributed by atoms with Gasteiger partial charge in [0.25, 0.3) is 11.8 Å². The van der Waals surface area contributed by atoms with E-state index in [0.29, 0.717) is 10.6 Å². The van der Waals surface area contributed by atoms with Crippen LogP contribution in [0.2, 0.25) is 5.02 Å². The predicted octanol–water partition coefficient (Wildman–Crippen LogP) is 3.09. The third-order valence-electron chi connectivity index (χ3n) is 6.60. The molecular weight excluding hydrogens is 392 g/mol. The van der Waals surface area contributed by atoms with E-state index in [2.05, 4.69) is 10.6 Å². The molecule has 6 nitrogen and oxygen atoms in total. The van der Waals surface area contributed by atoms with Crippen molar-refractivity contribution in [2.24, 2.45) is 17.8 Å². The Morgan fingerprint density at radius 3 is 2.17 bits per heavy atom. The third kappa shape index (κ3) is 4.58. The van der Waals surface area contributed by atoms with E-state index in [0.717, 1.165) is 37.0 Å². The second kappa shape index (κ2) is 7.98. The van der Waals surface area contributed by atoms with Crippen LogP contribution in [0.25, 0.3) is 0 Å². The number of amides is 2. The van der Waals surface area contributed by atoms with Crippen molar-refractivity contribution in [3.05, 3.63) is 34.9 Å². The number of benzene rings is 1. The number of esters is 1. The quantitative estimate of drug-likeness (QED) is 0.695. The SMILES string of the molecule is C[C@H](NC(=O)c1ccc(Cl)cc1)C(=O)OCC(=O)NC12CC3CC(CC(C3)C1)C2. The Morgan fingerprint density at radius 1 is 1.07 bits per heavy atom. The van der Waals surface area contributed by atoms with Crippen LogP contribution in [-0.4, -0.2) is 36.0 Å². The zero-order chi connectivity index (χ0) is 20.6. The molecule has 2 amide bonds. The van der Waals surface area contributed by atoms with Crippen LogP contribution in [0.3, 0.4) is 0 Å². The summed E-state index contributed by atoms with van der Waals surface area (Å²) in [4.78, 5) is 36.8. The number of carbonyl (C=O) groups is 3. The smallest absolute Gasteiger partial charge is 0.328 e. The Balaban J connectivity index is 1.24. The van der Waals surface area contributed by atoms with Crippen LogP contribution in [-0.2, 0) is 14.3 Å². The Kier molecular flexibility index (Phi) is 5.56. The zero-order valence-corrected chi connectivity index (χ0v) is 17.3. The highest BCUT2D eigenvalue weighted by molar-refractivity contribution is 6.30. The summed E-state index contributed by atoms with van der Waals surface area (Å²) in [6.07, 6.45) is 7.05. The van der Waals surface area contributed by atoms with Gasteiger partial charge in [-0.1, -0.05) is 11.6 Å². The summed E-state index contributed by atoms with van der Waals surface area (Å²) in [6, 6.07) is 5.51. The Hall–Kier alpha value is -2.08. The molecule has 5 rings (SSSR count). The van der Waals surface area contributed by atoms with Gasteiger partial charge in [-0.25, -0.2) is 4.79 Å². The van der Waals surface area contributed by atoms with E-state index in [4.69, 9.17) is 16.3 Å². The van der Waals surface area contributed by atoms with Crippen molar-refractivity contribution >= 4 is 29.4 Å². The van der Waals surface area contributed by atoms with E-state index in [9.17, 15) is 14.4 Å². The zero-order valence-electron chi connectivity index (χ0n) is 16.6. The van der Waals surface area contributed by atoms with Crippen LogP contribution in [0.15, 0.2) is 24.3 Å². The molecule has 156 valence electrons. The number of halogens is 1. The Labute approximate surface area is 175 Å². The van der Waals surface area contributed by atoms with Crippen LogP contribution in [0, 0.1) is 17.8 Å². The summed E-state index contributed by atoms with van der Waals surface area (Å²) in [6.45, 7) is 1.22. The summed E-state index contributed by atoms with van der Waals surface area (Å²) in [5.74, 6) is 0.903. The van der Waals surface area contributed by atoms with Crippen molar-refractivity contribution in [1.29, 1.82) is 0 Å². The normalized spacial score (nSPS) is 30.5. The lowest BCUT2D eigenvalue weighted by atomic mass is 9.53. The molecule has 4 aliphatic carbocycles. The first kappa shape index (κ1) is 20.2. The van der Waals surface area contributed by atoms with E-state index in [1.807, 2.05) is 0 Å². The van der Waals surface area contributed by atoms with Gasteiger partial charge in [-0.2, -0.15) is 0 Å². The van der Waals surface area contributed by atoms with Crippen molar-refractivity contribution in [3.8, 4) is 0 Å². The summed E-state index contributed by atoms with van der Waals surface area (Å²) < 4.78 is 5.15. The maximum Gasteiger partial charge on any atom is 0.328 e. The molecule has 4 fully saturated rings. The minimum atomic E-state index is -0.856. The molecule has 0 saturated heterocycles. The molecule has 4 saturated carbocycles. The molecule has 2 N–H and O–H groups in total. The first-order valence-electron chi connectivity index (χ1n) is 10.4. The van der Waals surface area contributed by atoms with Crippen LogP contribution >= 0.6 is 11.6 Å². The van der Waals surface area contributed by atoms with E-state index in [1.54, 1.807) is 24.3 Å². The first-order chi connectivity index (χ1) is 13.8. The average molecular weight is 419 g/mol. The molecule has 0 aliphatic heterocycles. The van der Waals surface area contributed by atoms with Gasteiger partial charge in [-0.3, -0.25) is 9.59 Å². The monoisotopic (exact) mass is 418 g/mol. The lowest BCUT2D eigenvalue weighted by Crippen LogP contribution is -2.60. The molecule has 29 heavy (non-hydrogen) atoms. The second-order valence-electron chi connectivity index (χ2n) is 9.06. The summed E-state index contributed by atoms with van der Waals surface area (Å²) in [5.41, 5.74) is 0.292. The van der Waals surface area contributed by atoms with Gasteiger partial charge in [0.05, 0.1) is 0 Å². The lowest BCUT2D eigenvalue weighted by molar-refractivity contribution is -0.151. The van der Waals surface area contributed by atoms with Crippen molar-refractivity contribution < 1.29 is 19.1 Å². The molecule has 1 aromatic carbocycles. The fraction of sp³-hybridized carbons (Fsp3) is 0.591. The average Bonchev–Trinajstić information content (AvgIpc) is 2.65. The maximum absolute atomic E-state index is 12.4. The highest BCUT2D eigenvalue weighted by Crippen LogP contribution is 2.55. The second-order valence-corrected chi connectivity index (χ2v) is 9.49. The topological polar surface area (TPSA) is 84.5 Å². The number of nitrogens with one attached hydrogen (secondary N) is 2. The summed E-state index contributed by atoms with van der Waals surface area (Å²) >= 11 is 5.81. The largest absolute Gasteiger partial charge is 0.454 e. The molecule has 0 unspecified atom stereocenters. The van der Waals surface area contributed by atoms with Crippen LogP contribution in [0.1, 0.15) is 55.8 Å². The van der Waals surface area contributed by atoms with Crippen LogP contribution < -0.4 is 10.6 Å². The number of hydrogen-bond donors (Lipinski definition) is 2. The highest BCUT2D eigenvalue weighted by Gasteiger charge is 2.51. The molecular formula is C22H27ClN2O4. The van der Waals surface area contributed by atoms with Crippen LogP contribution in [0.5, 0.6) is 0 Å². The number of hydrogen-bond acceptors (Lipinski definition) is 4.